The largest absolute Gasteiger partial charge is 0.368 e. The highest BCUT2D eigenvalue weighted by atomic mass is 127. The van der Waals surface area contributed by atoms with Crippen molar-refractivity contribution in [3.63, 3.8) is 0 Å². The van der Waals surface area contributed by atoms with E-state index in [0.717, 1.165) is 41.1 Å². The van der Waals surface area contributed by atoms with E-state index in [-0.39, 0.29) is 17.7 Å². The molecule has 1 aliphatic heterocycles. The van der Waals surface area contributed by atoms with Crippen LogP contribution < -0.4 is 10.2 Å². The molecule has 0 atom stereocenters. The highest BCUT2D eigenvalue weighted by Gasteiger charge is 2.22. The second-order valence-corrected chi connectivity index (χ2v) is 8.22. The van der Waals surface area contributed by atoms with Crippen molar-refractivity contribution in [3.05, 3.63) is 57.7 Å². The number of carbonyl (C=O) groups excluding carboxylic acids is 2. The first-order valence-corrected chi connectivity index (χ1v) is 10.2. The number of halogens is 1. The lowest BCUT2D eigenvalue weighted by atomic mass is 10.1. The van der Waals surface area contributed by atoms with Gasteiger partial charge in [0.15, 0.2) is 0 Å². The fourth-order valence-corrected chi connectivity index (χ4v) is 3.47. The number of nitrogens with one attached hydrogen (secondary N) is 1. The fraction of sp³-hybridized carbons (Fsp3) is 0.333. The molecule has 0 spiro atoms. The van der Waals surface area contributed by atoms with Crippen molar-refractivity contribution in [1.82, 2.24) is 4.90 Å². The lowest BCUT2D eigenvalue weighted by molar-refractivity contribution is -0.134. The van der Waals surface area contributed by atoms with Gasteiger partial charge in [-0.3, -0.25) is 9.59 Å². The molecule has 2 aromatic carbocycles. The van der Waals surface area contributed by atoms with Crippen LogP contribution in [0, 0.1) is 9.49 Å². The van der Waals surface area contributed by atoms with Gasteiger partial charge >= 0.3 is 0 Å². The maximum absolute atomic E-state index is 12.3. The Morgan fingerprint density at radius 3 is 2.07 bits per heavy atom. The summed E-state index contributed by atoms with van der Waals surface area (Å²) in [6.45, 7) is 7.04. The second-order valence-electron chi connectivity index (χ2n) is 6.97. The van der Waals surface area contributed by atoms with Gasteiger partial charge in [-0.1, -0.05) is 13.8 Å². The number of rotatable bonds is 4. The minimum Gasteiger partial charge on any atom is -0.368 e. The summed E-state index contributed by atoms with van der Waals surface area (Å²) in [7, 11) is 0. The molecule has 1 aliphatic rings. The second kappa shape index (κ2) is 8.73. The first kappa shape index (κ1) is 19.7. The first-order chi connectivity index (χ1) is 12.9. The van der Waals surface area contributed by atoms with Crippen molar-refractivity contribution >= 4 is 45.8 Å². The highest BCUT2D eigenvalue weighted by molar-refractivity contribution is 14.1. The maximum atomic E-state index is 12.3. The molecule has 1 saturated heterocycles. The van der Waals surface area contributed by atoms with E-state index in [1.165, 1.54) is 0 Å². The summed E-state index contributed by atoms with van der Waals surface area (Å²) in [5.41, 5.74) is 2.53. The molecule has 2 aromatic rings. The van der Waals surface area contributed by atoms with Gasteiger partial charge in [0.05, 0.1) is 0 Å². The molecule has 0 radical (unpaired) electrons. The molecule has 0 aliphatic carbocycles. The minimum atomic E-state index is -0.111. The predicted octanol–water partition coefficient (Wildman–Crippen LogP) is 3.85. The van der Waals surface area contributed by atoms with Gasteiger partial charge in [-0.15, -0.1) is 0 Å². The molecule has 3 rings (SSSR count). The van der Waals surface area contributed by atoms with Crippen LogP contribution in [0.4, 0.5) is 11.4 Å². The van der Waals surface area contributed by atoms with Gasteiger partial charge < -0.3 is 15.1 Å². The van der Waals surface area contributed by atoms with Crippen LogP contribution in [0.3, 0.4) is 0 Å². The van der Waals surface area contributed by atoms with E-state index in [2.05, 4.69) is 32.8 Å². The lowest BCUT2D eigenvalue weighted by Gasteiger charge is -2.37. The molecular formula is C21H24IN3O2. The fourth-order valence-electron chi connectivity index (χ4n) is 3.11. The molecule has 1 N–H and O–H groups in total. The molecule has 142 valence electrons. The molecular weight excluding hydrogens is 453 g/mol. The Labute approximate surface area is 173 Å². The molecule has 0 unspecified atom stereocenters. The normalized spacial score (nSPS) is 14.4. The van der Waals surface area contributed by atoms with E-state index in [1.54, 1.807) is 0 Å². The molecule has 5 nitrogen and oxygen atoms in total. The molecule has 27 heavy (non-hydrogen) atoms. The van der Waals surface area contributed by atoms with Crippen molar-refractivity contribution in [2.24, 2.45) is 5.92 Å². The number of carbonyl (C=O) groups is 2. The van der Waals surface area contributed by atoms with Crippen LogP contribution in [0.25, 0.3) is 0 Å². The third-order valence-corrected chi connectivity index (χ3v) is 5.40. The SMILES string of the molecule is CC(C)C(=O)N1CCN(c2ccc(NC(=O)c3ccc(I)cc3)cc2)CC1. The zero-order valence-corrected chi connectivity index (χ0v) is 17.8. The molecule has 1 fully saturated rings. The Kier molecular flexibility index (Phi) is 6.36. The van der Waals surface area contributed by atoms with Gasteiger partial charge in [0.1, 0.15) is 0 Å². The van der Waals surface area contributed by atoms with E-state index in [4.69, 9.17) is 0 Å². The van der Waals surface area contributed by atoms with Crippen LogP contribution in [-0.4, -0.2) is 42.9 Å². The monoisotopic (exact) mass is 477 g/mol. The predicted molar refractivity (Wildman–Crippen MR) is 117 cm³/mol. The number of piperazine rings is 1. The Balaban J connectivity index is 1.57. The van der Waals surface area contributed by atoms with E-state index in [0.29, 0.717) is 5.56 Å². The van der Waals surface area contributed by atoms with Crippen molar-refractivity contribution in [2.45, 2.75) is 13.8 Å². The summed E-state index contributed by atoms with van der Waals surface area (Å²) in [6, 6.07) is 15.4. The lowest BCUT2D eigenvalue weighted by Crippen LogP contribution is -2.49. The Morgan fingerprint density at radius 2 is 1.52 bits per heavy atom. The average molecular weight is 477 g/mol. The van der Waals surface area contributed by atoms with Gasteiger partial charge in [0.25, 0.3) is 5.91 Å². The number of anilines is 2. The Bertz CT molecular complexity index is 795. The van der Waals surface area contributed by atoms with E-state index >= 15 is 0 Å². The van der Waals surface area contributed by atoms with Gasteiger partial charge in [-0.2, -0.15) is 0 Å². The van der Waals surface area contributed by atoms with Crippen LogP contribution in [0.2, 0.25) is 0 Å². The molecule has 0 saturated carbocycles. The Morgan fingerprint density at radius 1 is 0.926 bits per heavy atom. The highest BCUT2D eigenvalue weighted by Crippen LogP contribution is 2.20. The van der Waals surface area contributed by atoms with Gasteiger partial charge in [0, 0.05) is 52.6 Å². The van der Waals surface area contributed by atoms with Crippen LogP contribution in [0.1, 0.15) is 24.2 Å². The number of hydrogen-bond donors (Lipinski definition) is 1. The zero-order chi connectivity index (χ0) is 19.4. The van der Waals surface area contributed by atoms with E-state index in [1.807, 2.05) is 67.3 Å². The molecule has 6 heteroatoms. The average Bonchev–Trinajstić information content (AvgIpc) is 2.68. The minimum absolute atomic E-state index is 0.0486. The van der Waals surface area contributed by atoms with Crippen LogP contribution in [0.15, 0.2) is 48.5 Å². The number of amides is 2. The topological polar surface area (TPSA) is 52.7 Å². The van der Waals surface area contributed by atoms with Gasteiger partial charge in [-0.25, -0.2) is 0 Å². The van der Waals surface area contributed by atoms with Crippen molar-refractivity contribution in [2.75, 3.05) is 36.4 Å². The molecule has 2 amide bonds. The van der Waals surface area contributed by atoms with Crippen LogP contribution in [0.5, 0.6) is 0 Å². The summed E-state index contributed by atoms with van der Waals surface area (Å²) in [5, 5.41) is 2.93. The van der Waals surface area contributed by atoms with Crippen LogP contribution in [-0.2, 0) is 4.79 Å². The van der Waals surface area contributed by atoms with Crippen molar-refractivity contribution in [1.29, 1.82) is 0 Å². The summed E-state index contributed by atoms with van der Waals surface area (Å²) in [6.07, 6.45) is 0. The summed E-state index contributed by atoms with van der Waals surface area (Å²) < 4.78 is 1.10. The quantitative estimate of drug-likeness (QED) is 0.681. The van der Waals surface area contributed by atoms with Crippen molar-refractivity contribution in [3.8, 4) is 0 Å². The maximum Gasteiger partial charge on any atom is 0.255 e. The molecule has 0 aromatic heterocycles. The summed E-state index contributed by atoms with van der Waals surface area (Å²) in [5.74, 6) is 0.163. The van der Waals surface area contributed by atoms with Crippen molar-refractivity contribution < 1.29 is 9.59 Å². The van der Waals surface area contributed by atoms with Crippen LogP contribution >= 0.6 is 22.6 Å². The van der Waals surface area contributed by atoms with Gasteiger partial charge in [-0.05, 0) is 71.1 Å². The number of benzene rings is 2. The molecule has 1 heterocycles. The smallest absolute Gasteiger partial charge is 0.255 e. The number of nitrogens with zero attached hydrogens (tertiary/aromatic N) is 2. The molecule has 0 bridgehead atoms. The number of hydrogen-bond acceptors (Lipinski definition) is 3. The first-order valence-electron chi connectivity index (χ1n) is 9.15. The zero-order valence-electron chi connectivity index (χ0n) is 15.6. The summed E-state index contributed by atoms with van der Waals surface area (Å²) in [4.78, 5) is 28.6. The third kappa shape index (κ3) is 5.00. The third-order valence-electron chi connectivity index (χ3n) is 4.68. The Hall–Kier alpha value is -2.09. The standard InChI is InChI=1S/C21H24IN3O2/c1-15(2)21(27)25-13-11-24(12-14-25)19-9-7-18(8-10-19)23-20(26)16-3-5-17(22)6-4-16/h3-10,15H,11-14H2,1-2H3,(H,23,26). The summed E-state index contributed by atoms with van der Waals surface area (Å²) >= 11 is 2.22. The van der Waals surface area contributed by atoms with Gasteiger partial charge in [0.2, 0.25) is 5.91 Å². The van der Waals surface area contributed by atoms with E-state index < -0.39 is 0 Å². The van der Waals surface area contributed by atoms with E-state index in [9.17, 15) is 9.59 Å².